The Labute approximate surface area is 163 Å². The molecule has 0 aliphatic carbocycles. The smallest absolute Gasteiger partial charge is 0.173 e. The summed E-state index contributed by atoms with van der Waals surface area (Å²) in [4.78, 5) is 13.2. The molecule has 3 heterocycles. The molecular weight excluding hydrogens is 348 g/mol. The van der Waals surface area contributed by atoms with Crippen molar-refractivity contribution in [3.8, 4) is 5.69 Å². The van der Waals surface area contributed by atoms with Gasteiger partial charge in [0.15, 0.2) is 11.6 Å². The van der Waals surface area contributed by atoms with Gasteiger partial charge in [-0.1, -0.05) is 36.4 Å². The van der Waals surface area contributed by atoms with Gasteiger partial charge in [-0.15, -0.1) is 0 Å². The van der Waals surface area contributed by atoms with Crippen molar-refractivity contribution >= 4 is 28.6 Å². The minimum atomic E-state index is 0.0398. The summed E-state index contributed by atoms with van der Waals surface area (Å²) in [5, 5.41) is 6.01. The fourth-order valence-electron chi connectivity index (χ4n) is 3.75. The molecule has 138 valence electrons. The number of para-hydroxylation sites is 2. The number of aromatic nitrogens is 4. The number of hydrogen-bond acceptors (Lipinski definition) is 5. The van der Waals surface area contributed by atoms with Crippen molar-refractivity contribution in [1.29, 1.82) is 0 Å². The summed E-state index contributed by atoms with van der Waals surface area (Å²) in [6, 6.07) is 18.5. The van der Waals surface area contributed by atoms with E-state index in [9.17, 15) is 0 Å². The molecule has 0 saturated heterocycles. The Balaban J connectivity index is 1.55. The van der Waals surface area contributed by atoms with Crippen LogP contribution in [-0.2, 0) is 0 Å². The monoisotopic (exact) mass is 368 g/mol. The maximum Gasteiger partial charge on any atom is 0.173 e. The molecule has 2 aromatic carbocycles. The van der Waals surface area contributed by atoms with E-state index in [0.29, 0.717) is 0 Å². The Morgan fingerprint density at radius 2 is 1.46 bits per heavy atom. The van der Waals surface area contributed by atoms with Gasteiger partial charge in [0.1, 0.15) is 6.17 Å². The lowest BCUT2D eigenvalue weighted by Crippen LogP contribution is -2.37. The van der Waals surface area contributed by atoms with Gasteiger partial charge in [0.25, 0.3) is 0 Å². The topological polar surface area (TPSA) is 50.1 Å². The van der Waals surface area contributed by atoms with E-state index in [1.807, 2.05) is 49.1 Å². The summed E-state index contributed by atoms with van der Waals surface area (Å²) in [7, 11) is 4.07. The van der Waals surface area contributed by atoms with Gasteiger partial charge < -0.3 is 9.80 Å². The van der Waals surface area contributed by atoms with E-state index in [0.717, 1.165) is 33.9 Å². The predicted molar refractivity (Wildman–Crippen MR) is 113 cm³/mol. The molecule has 28 heavy (non-hydrogen) atoms. The summed E-state index contributed by atoms with van der Waals surface area (Å²) in [6.45, 7) is 0. The lowest BCUT2D eigenvalue weighted by atomic mass is 10.2. The molecule has 0 spiro atoms. The van der Waals surface area contributed by atoms with Crippen LogP contribution in [0.5, 0.6) is 0 Å². The van der Waals surface area contributed by atoms with Crippen LogP contribution in [0, 0.1) is 0 Å². The third-order valence-electron chi connectivity index (χ3n) is 5.17. The van der Waals surface area contributed by atoms with Gasteiger partial charge in [0.05, 0.1) is 16.9 Å². The van der Waals surface area contributed by atoms with Gasteiger partial charge in [0.2, 0.25) is 0 Å². The highest BCUT2D eigenvalue weighted by atomic mass is 15.4. The molecule has 0 amide bonds. The summed E-state index contributed by atoms with van der Waals surface area (Å²) in [6.07, 6.45) is 7.73. The van der Waals surface area contributed by atoms with Gasteiger partial charge in [0, 0.05) is 31.9 Å². The zero-order valence-electron chi connectivity index (χ0n) is 15.8. The van der Waals surface area contributed by atoms with E-state index < -0.39 is 0 Å². The van der Waals surface area contributed by atoms with Crippen LogP contribution in [0.15, 0.2) is 73.1 Å². The van der Waals surface area contributed by atoms with Crippen LogP contribution in [0.25, 0.3) is 22.7 Å². The zero-order chi connectivity index (χ0) is 19.1. The number of nitrogens with zero attached hydrogens (tertiary/aromatic N) is 6. The van der Waals surface area contributed by atoms with Crippen LogP contribution in [0.3, 0.4) is 0 Å². The van der Waals surface area contributed by atoms with Crippen LogP contribution >= 0.6 is 0 Å². The van der Waals surface area contributed by atoms with Crippen LogP contribution in [0.1, 0.15) is 5.69 Å². The highest BCUT2D eigenvalue weighted by Gasteiger charge is 2.31. The third kappa shape index (κ3) is 2.53. The first-order valence-corrected chi connectivity index (χ1v) is 9.22. The summed E-state index contributed by atoms with van der Waals surface area (Å²) in [5.74, 6) is 1.78. The maximum atomic E-state index is 4.88. The van der Waals surface area contributed by atoms with E-state index in [1.165, 1.54) is 0 Å². The fraction of sp³-hybridized carbons (Fsp3) is 0.136. The average Bonchev–Trinajstić information content (AvgIpc) is 3.23. The number of fused-ring (bicyclic) bond motifs is 2. The lowest BCUT2D eigenvalue weighted by molar-refractivity contribution is 0.768. The van der Waals surface area contributed by atoms with E-state index in [-0.39, 0.29) is 6.17 Å². The molecular formula is C22H20N6. The second kappa shape index (κ2) is 6.49. The van der Waals surface area contributed by atoms with Crippen molar-refractivity contribution in [2.24, 2.45) is 0 Å². The Hall–Kier alpha value is -3.67. The number of likely N-dealkylation sites (N-methyl/N-ethyl adjacent to an activating group) is 2. The number of benzene rings is 2. The van der Waals surface area contributed by atoms with E-state index in [2.05, 4.69) is 56.2 Å². The molecule has 1 aliphatic rings. The molecule has 1 aliphatic heterocycles. The molecule has 2 aromatic heterocycles. The molecule has 0 fully saturated rings. The first-order valence-electron chi connectivity index (χ1n) is 9.22. The third-order valence-corrected chi connectivity index (χ3v) is 5.17. The standard InChI is InChI=1S/C22H20N6/c1-26-20(27(2)22-21(26)23-14-15-24-22)13-12-18-17-10-6-7-11-19(17)28(25-18)16-8-4-3-5-9-16/h3-15,20H,1-2H3. The molecule has 0 atom stereocenters. The Kier molecular flexibility index (Phi) is 3.83. The molecule has 4 aromatic rings. The van der Waals surface area contributed by atoms with Crippen molar-refractivity contribution in [2.45, 2.75) is 6.17 Å². The van der Waals surface area contributed by atoms with Crippen LogP contribution in [0.4, 0.5) is 11.6 Å². The van der Waals surface area contributed by atoms with Crippen molar-refractivity contribution in [1.82, 2.24) is 19.7 Å². The fourth-order valence-corrected chi connectivity index (χ4v) is 3.75. The van der Waals surface area contributed by atoms with Gasteiger partial charge in [-0.25, -0.2) is 14.6 Å². The maximum absolute atomic E-state index is 4.88. The summed E-state index contributed by atoms with van der Waals surface area (Å²) < 4.78 is 1.99. The quantitative estimate of drug-likeness (QED) is 0.551. The van der Waals surface area contributed by atoms with Crippen molar-refractivity contribution in [3.05, 3.63) is 78.8 Å². The van der Waals surface area contributed by atoms with E-state index in [4.69, 9.17) is 5.10 Å². The number of anilines is 2. The zero-order valence-corrected chi connectivity index (χ0v) is 15.8. The van der Waals surface area contributed by atoms with Gasteiger partial charge >= 0.3 is 0 Å². The Bertz CT molecular complexity index is 1140. The normalized spacial score (nSPS) is 14.4. The molecule has 5 rings (SSSR count). The van der Waals surface area contributed by atoms with Gasteiger partial charge in [-0.2, -0.15) is 5.10 Å². The molecule has 0 saturated carbocycles. The molecule has 0 N–H and O–H groups in total. The Morgan fingerprint density at radius 3 is 2.18 bits per heavy atom. The minimum Gasteiger partial charge on any atom is -0.333 e. The second-order valence-corrected chi connectivity index (χ2v) is 6.85. The lowest BCUT2D eigenvalue weighted by Gasteiger charge is -2.23. The average molecular weight is 368 g/mol. The van der Waals surface area contributed by atoms with Crippen molar-refractivity contribution in [2.75, 3.05) is 23.9 Å². The molecule has 0 bridgehead atoms. The predicted octanol–water partition coefficient (Wildman–Crippen LogP) is 3.74. The van der Waals surface area contributed by atoms with Gasteiger partial charge in [-0.05, 0) is 30.4 Å². The molecule has 0 unspecified atom stereocenters. The first-order chi connectivity index (χ1) is 13.7. The SMILES string of the molecule is CN1c2nccnc2N(C)C1C=Cc1nn(-c2ccccc2)c2ccccc12. The second-order valence-electron chi connectivity index (χ2n) is 6.85. The van der Waals surface area contributed by atoms with Crippen LogP contribution < -0.4 is 9.80 Å². The number of rotatable bonds is 3. The molecule has 6 nitrogen and oxygen atoms in total. The van der Waals surface area contributed by atoms with Crippen molar-refractivity contribution in [3.63, 3.8) is 0 Å². The van der Waals surface area contributed by atoms with Crippen LogP contribution in [0.2, 0.25) is 0 Å². The van der Waals surface area contributed by atoms with Gasteiger partial charge in [-0.3, -0.25) is 0 Å². The van der Waals surface area contributed by atoms with E-state index in [1.54, 1.807) is 12.4 Å². The first kappa shape index (κ1) is 16.5. The summed E-state index contributed by atoms with van der Waals surface area (Å²) in [5.41, 5.74) is 3.08. The highest BCUT2D eigenvalue weighted by molar-refractivity contribution is 5.88. The molecule has 6 heteroatoms. The van der Waals surface area contributed by atoms with E-state index >= 15 is 0 Å². The number of hydrogen-bond donors (Lipinski definition) is 0. The highest BCUT2D eigenvalue weighted by Crippen LogP contribution is 2.34. The minimum absolute atomic E-state index is 0.0398. The Morgan fingerprint density at radius 1 is 0.821 bits per heavy atom. The van der Waals surface area contributed by atoms with Crippen LogP contribution in [-0.4, -0.2) is 40.0 Å². The molecule has 0 radical (unpaired) electrons. The summed E-state index contributed by atoms with van der Waals surface area (Å²) >= 11 is 0. The largest absolute Gasteiger partial charge is 0.333 e. The van der Waals surface area contributed by atoms with Crippen molar-refractivity contribution < 1.29 is 0 Å².